The molecule has 5 aliphatic rings. The van der Waals surface area contributed by atoms with Crippen LogP contribution in [-0.4, -0.2) is 98.1 Å². The van der Waals surface area contributed by atoms with Crippen molar-refractivity contribution < 1.29 is 34.1 Å². The summed E-state index contributed by atoms with van der Waals surface area (Å²) in [5.74, 6) is -4.59. The largest absolute Gasteiger partial charge is 0.449 e. The maximum absolute atomic E-state index is 13.4. The van der Waals surface area contributed by atoms with Crippen LogP contribution in [0.3, 0.4) is 0 Å². The highest BCUT2D eigenvalue weighted by Gasteiger charge is 2.73. The van der Waals surface area contributed by atoms with E-state index in [0.717, 1.165) is 4.90 Å². The Hall–Kier alpha value is -4.11. The van der Waals surface area contributed by atoms with E-state index in [1.807, 2.05) is 0 Å². The number of guanidine groups is 2. The van der Waals surface area contributed by atoms with E-state index in [4.69, 9.17) is 20.9 Å². The molecule has 0 radical (unpaired) electrons. The van der Waals surface area contributed by atoms with Crippen molar-refractivity contribution in [2.24, 2.45) is 21.5 Å². The van der Waals surface area contributed by atoms with Crippen molar-refractivity contribution >= 4 is 29.6 Å². The van der Waals surface area contributed by atoms with Crippen molar-refractivity contribution in [3.05, 3.63) is 23.8 Å². The Morgan fingerprint density at radius 3 is 2.61 bits per heavy atom. The highest BCUT2D eigenvalue weighted by atomic mass is 16.7. The normalized spacial score (nSPS) is 31.9. The molecule has 3 amide bonds. The zero-order valence-corrected chi connectivity index (χ0v) is 20.7. The molecule has 4 atom stereocenters. The molecule has 38 heavy (non-hydrogen) atoms. The summed E-state index contributed by atoms with van der Waals surface area (Å²) < 4.78 is 11.5. The lowest BCUT2D eigenvalue weighted by molar-refractivity contribution is -0.230. The zero-order valence-electron chi connectivity index (χ0n) is 20.7. The lowest BCUT2D eigenvalue weighted by atomic mass is 9.84. The Bertz CT molecular complexity index is 1310. The fraction of sp³-hybridized carbons (Fsp3) is 0.522. The summed E-state index contributed by atoms with van der Waals surface area (Å²) >= 11 is 0. The zero-order chi connectivity index (χ0) is 27.2. The van der Waals surface area contributed by atoms with Crippen LogP contribution >= 0.6 is 0 Å². The molecule has 5 aliphatic heterocycles. The van der Waals surface area contributed by atoms with Gasteiger partial charge in [-0.2, -0.15) is 0 Å². The Morgan fingerprint density at radius 2 is 1.89 bits per heavy atom. The highest BCUT2D eigenvalue weighted by Crippen LogP contribution is 2.46. The number of carbonyl (C=O) groups excluding carboxylic acids is 3. The Balaban J connectivity index is 1.31. The fourth-order valence-corrected chi connectivity index (χ4v) is 5.90. The van der Waals surface area contributed by atoms with Gasteiger partial charge in [-0.15, -0.1) is 0 Å². The van der Waals surface area contributed by atoms with Crippen molar-refractivity contribution in [1.29, 1.82) is 0 Å². The van der Waals surface area contributed by atoms with Crippen molar-refractivity contribution in [3.63, 3.8) is 0 Å². The average Bonchev–Trinajstić information content (AvgIpc) is 3.52. The summed E-state index contributed by atoms with van der Waals surface area (Å²) in [5, 5.41) is 28.7. The molecular weight excluding hydrogens is 500 g/mol. The van der Waals surface area contributed by atoms with Crippen molar-refractivity contribution in [1.82, 2.24) is 20.4 Å². The second kappa shape index (κ2) is 7.70. The number of nitrogens with one attached hydrogen (secondary N) is 2. The van der Waals surface area contributed by atoms with Gasteiger partial charge in [-0.25, -0.2) is 9.98 Å². The van der Waals surface area contributed by atoms with Crippen molar-refractivity contribution in [2.75, 3.05) is 13.1 Å². The molecule has 5 heterocycles. The number of carbonyl (C=O) groups is 3. The van der Waals surface area contributed by atoms with Crippen LogP contribution in [0.4, 0.5) is 0 Å². The number of aliphatic hydroxyl groups is 2. The Labute approximate surface area is 216 Å². The molecule has 2 fully saturated rings. The first-order valence-electron chi connectivity index (χ1n) is 12.2. The minimum Gasteiger partial charge on any atom is -0.449 e. The number of amides is 3. The lowest BCUT2D eigenvalue weighted by Crippen LogP contribution is -2.78. The van der Waals surface area contributed by atoms with Crippen LogP contribution in [0, 0.1) is 0 Å². The number of hydrogen-bond acceptors (Lipinski definition) is 13. The standard InChI is InChI=1S/C23H28N8O7/c1-21(2)37-12-5-3-4-10(16(12)38-21)18(34)27-13-9-31-20(25)26-11(8-30-14(32)6-7-15(30)33)17-22(31,23(13,35)36)29-19(24)28-17/h3-5,11,13,17,35-36H,6-9H2,1-2H3,(H2,25,26)(H,27,34)(H3,24,28,29)/t11-,13?,17?,22?/m0/s1. The molecule has 6 rings (SSSR count). The number of aliphatic imine (C=N–C) groups is 2. The molecule has 202 valence electrons. The first-order chi connectivity index (χ1) is 17.8. The fourth-order valence-electron chi connectivity index (χ4n) is 5.90. The SMILES string of the molecule is CC1(C)Oc2cccc(C(=O)NC3CN4C(N)=N[C@@H](CN5C(=O)CCC5=O)C5N=C(N)NC54C3(O)O)c2O1. The van der Waals surface area contributed by atoms with Crippen molar-refractivity contribution in [2.45, 2.75) is 62.1 Å². The molecule has 15 heteroatoms. The van der Waals surface area contributed by atoms with E-state index in [-0.39, 0.29) is 61.0 Å². The summed E-state index contributed by atoms with van der Waals surface area (Å²) in [6.07, 6.45) is 0.174. The van der Waals surface area contributed by atoms with Gasteiger partial charge in [-0.1, -0.05) is 6.07 Å². The molecule has 0 aromatic heterocycles. The van der Waals surface area contributed by atoms with Gasteiger partial charge in [0, 0.05) is 33.2 Å². The number of imide groups is 1. The van der Waals surface area contributed by atoms with Gasteiger partial charge in [0.15, 0.2) is 29.1 Å². The summed E-state index contributed by atoms with van der Waals surface area (Å²) in [6.45, 7) is 3.08. The third-order valence-corrected chi connectivity index (χ3v) is 7.56. The highest BCUT2D eigenvalue weighted by molar-refractivity contribution is 6.02. The van der Waals surface area contributed by atoms with Crippen LogP contribution in [0.1, 0.15) is 37.0 Å². The number of para-hydroxylation sites is 1. The second-order valence-corrected chi connectivity index (χ2v) is 10.4. The van der Waals surface area contributed by atoms with Gasteiger partial charge in [0.05, 0.1) is 18.2 Å². The van der Waals surface area contributed by atoms with E-state index in [0.29, 0.717) is 5.75 Å². The summed E-state index contributed by atoms with van der Waals surface area (Å²) in [5.41, 5.74) is 10.6. The molecule has 0 saturated carbocycles. The number of benzene rings is 1. The molecule has 1 aromatic carbocycles. The average molecular weight is 529 g/mol. The smallest absolute Gasteiger partial charge is 0.255 e. The maximum atomic E-state index is 13.4. The third-order valence-electron chi connectivity index (χ3n) is 7.56. The van der Waals surface area contributed by atoms with Gasteiger partial charge in [-0.05, 0) is 12.1 Å². The molecule has 0 bridgehead atoms. The quantitative estimate of drug-likeness (QED) is 0.172. The number of fused-ring (bicyclic) bond motifs is 1. The van der Waals surface area contributed by atoms with Crippen LogP contribution in [0.2, 0.25) is 0 Å². The molecule has 1 spiro atoms. The van der Waals surface area contributed by atoms with E-state index in [1.54, 1.807) is 26.0 Å². The predicted octanol–water partition coefficient (Wildman–Crippen LogP) is -2.88. The predicted molar refractivity (Wildman–Crippen MR) is 130 cm³/mol. The van der Waals surface area contributed by atoms with Gasteiger partial charge < -0.3 is 46.7 Å². The molecular formula is C23H28N8O7. The van der Waals surface area contributed by atoms with E-state index in [9.17, 15) is 24.6 Å². The van der Waals surface area contributed by atoms with Crippen LogP contribution in [0.5, 0.6) is 11.5 Å². The molecule has 1 aromatic rings. The molecule has 15 nitrogen and oxygen atoms in total. The number of likely N-dealkylation sites (tertiary alicyclic amines) is 1. The van der Waals surface area contributed by atoms with Crippen LogP contribution in [0.15, 0.2) is 28.2 Å². The topological polar surface area (TPSA) is 217 Å². The van der Waals surface area contributed by atoms with Gasteiger partial charge in [0.25, 0.3) is 5.91 Å². The van der Waals surface area contributed by atoms with E-state index in [1.165, 1.54) is 11.0 Å². The van der Waals surface area contributed by atoms with Gasteiger partial charge in [0.2, 0.25) is 23.4 Å². The summed E-state index contributed by atoms with van der Waals surface area (Å²) in [7, 11) is 0. The van der Waals surface area contributed by atoms with Crippen LogP contribution in [-0.2, 0) is 9.59 Å². The summed E-state index contributed by atoms with van der Waals surface area (Å²) in [6, 6.07) is 1.57. The van der Waals surface area contributed by atoms with E-state index >= 15 is 0 Å². The number of nitrogens with two attached hydrogens (primary N) is 2. The van der Waals surface area contributed by atoms with E-state index in [2.05, 4.69) is 20.6 Å². The Kier molecular flexibility index (Phi) is 4.91. The van der Waals surface area contributed by atoms with Gasteiger partial charge in [-0.3, -0.25) is 19.3 Å². The maximum Gasteiger partial charge on any atom is 0.255 e. The molecule has 8 N–H and O–H groups in total. The number of rotatable bonds is 4. The first kappa shape index (κ1) is 24.2. The van der Waals surface area contributed by atoms with Crippen LogP contribution in [0.25, 0.3) is 0 Å². The molecule has 3 unspecified atom stereocenters. The van der Waals surface area contributed by atoms with E-state index < -0.39 is 41.3 Å². The third kappa shape index (κ3) is 3.24. The van der Waals surface area contributed by atoms with Crippen molar-refractivity contribution in [3.8, 4) is 11.5 Å². The monoisotopic (exact) mass is 528 g/mol. The minimum absolute atomic E-state index is 0.0868. The Morgan fingerprint density at radius 1 is 1.18 bits per heavy atom. The molecule has 0 aliphatic carbocycles. The molecule has 2 saturated heterocycles. The van der Waals surface area contributed by atoms with Gasteiger partial charge in [0.1, 0.15) is 12.1 Å². The lowest BCUT2D eigenvalue weighted by Gasteiger charge is -2.49. The summed E-state index contributed by atoms with van der Waals surface area (Å²) in [4.78, 5) is 49.1. The van der Waals surface area contributed by atoms with Gasteiger partial charge >= 0.3 is 0 Å². The number of ether oxygens (including phenoxy) is 2. The first-order valence-corrected chi connectivity index (χ1v) is 12.2. The second-order valence-electron chi connectivity index (χ2n) is 10.4. The minimum atomic E-state index is -2.68. The number of hydrogen-bond donors (Lipinski definition) is 6. The van der Waals surface area contributed by atoms with Crippen LogP contribution < -0.4 is 31.6 Å². The number of nitrogens with zero attached hydrogens (tertiary/aromatic N) is 4.